The van der Waals surface area contributed by atoms with Crippen LogP contribution in [0.5, 0.6) is 5.75 Å². The van der Waals surface area contributed by atoms with Gasteiger partial charge in [0.1, 0.15) is 5.75 Å². The first-order valence-corrected chi connectivity index (χ1v) is 5.75. The number of rotatable bonds is 3. The number of halogens is 1. The Hall–Kier alpha value is -1.22. The Bertz CT molecular complexity index is 415. The molecule has 16 heavy (non-hydrogen) atoms. The van der Waals surface area contributed by atoms with E-state index in [1.807, 2.05) is 6.92 Å². The van der Waals surface area contributed by atoms with Gasteiger partial charge in [-0.05, 0) is 43.9 Å². The van der Waals surface area contributed by atoms with E-state index in [0.29, 0.717) is 10.9 Å². The molecule has 2 rings (SSSR count). The lowest BCUT2D eigenvalue weighted by Crippen LogP contribution is -2.33. The molecule has 4 heteroatoms. The Balaban J connectivity index is 2.07. The van der Waals surface area contributed by atoms with Crippen LogP contribution in [0.1, 0.15) is 30.1 Å². The number of phenolic OH excluding ortho intramolecular Hbond substituents is 1. The lowest BCUT2D eigenvalue weighted by atomic mass is 10.1. The van der Waals surface area contributed by atoms with Gasteiger partial charge in [0.15, 0.2) is 0 Å². The zero-order valence-corrected chi connectivity index (χ0v) is 9.79. The second-order valence-corrected chi connectivity index (χ2v) is 4.70. The highest BCUT2D eigenvalue weighted by molar-refractivity contribution is 6.30. The van der Waals surface area contributed by atoms with Crippen LogP contribution >= 0.6 is 11.6 Å². The van der Waals surface area contributed by atoms with Crippen molar-refractivity contribution in [2.24, 2.45) is 5.92 Å². The van der Waals surface area contributed by atoms with E-state index < -0.39 is 0 Å². The monoisotopic (exact) mass is 239 g/mol. The number of benzene rings is 1. The lowest BCUT2D eigenvalue weighted by Gasteiger charge is -2.13. The maximum atomic E-state index is 11.8. The Kier molecular flexibility index (Phi) is 3.06. The largest absolute Gasteiger partial charge is 0.507 e. The molecule has 1 atom stereocenters. The summed E-state index contributed by atoms with van der Waals surface area (Å²) in [6.45, 7) is 1.99. The number of hydrogen-bond acceptors (Lipinski definition) is 2. The summed E-state index contributed by atoms with van der Waals surface area (Å²) < 4.78 is 0. The summed E-state index contributed by atoms with van der Waals surface area (Å²) >= 11 is 5.70. The molecule has 0 radical (unpaired) electrons. The Labute approximate surface area is 99.4 Å². The van der Waals surface area contributed by atoms with E-state index in [-0.39, 0.29) is 23.3 Å². The molecule has 0 heterocycles. The van der Waals surface area contributed by atoms with Gasteiger partial charge in [0, 0.05) is 11.1 Å². The molecule has 86 valence electrons. The van der Waals surface area contributed by atoms with Gasteiger partial charge in [0.2, 0.25) is 0 Å². The van der Waals surface area contributed by atoms with Crippen LogP contribution in [0, 0.1) is 5.92 Å². The lowest BCUT2D eigenvalue weighted by molar-refractivity contribution is 0.0933. The molecule has 1 aliphatic carbocycles. The van der Waals surface area contributed by atoms with E-state index in [4.69, 9.17) is 11.6 Å². The molecule has 3 nitrogen and oxygen atoms in total. The number of aromatic hydroxyl groups is 1. The van der Waals surface area contributed by atoms with E-state index in [1.165, 1.54) is 25.0 Å². The second kappa shape index (κ2) is 4.34. The average molecular weight is 240 g/mol. The van der Waals surface area contributed by atoms with Crippen LogP contribution in [0.3, 0.4) is 0 Å². The normalized spacial score (nSPS) is 16.9. The maximum Gasteiger partial charge on any atom is 0.255 e. The highest BCUT2D eigenvalue weighted by Crippen LogP contribution is 2.32. The summed E-state index contributed by atoms with van der Waals surface area (Å²) in [5.41, 5.74) is 0.275. The van der Waals surface area contributed by atoms with Crippen LogP contribution in [0.25, 0.3) is 0 Å². The van der Waals surface area contributed by atoms with Gasteiger partial charge in [0.05, 0.1) is 5.56 Å². The third kappa shape index (κ3) is 2.47. The van der Waals surface area contributed by atoms with Gasteiger partial charge in [-0.3, -0.25) is 4.79 Å². The minimum Gasteiger partial charge on any atom is -0.507 e. The molecule has 1 unspecified atom stereocenters. The third-order valence-electron chi connectivity index (χ3n) is 2.89. The highest BCUT2D eigenvalue weighted by atomic mass is 35.5. The minimum absolute atomic E-state index is 0.0759. The predicted molar refractivity (Wildman–Crippen MR) is 62.8 cm³/mol. The third-order valence-corrected chi connectivity index (χ3v) is 3.13. The van der Waals surface area contributed by atoms with Crippen molar-refractivity contribution >= 4 is 17.5 Å². The van der Waals surface area contributed by atoms with Crippen LogP contribution in [0.4, 0.5) is 0 Å². The number of carbonyl (C=O) groups excluding carboxylic acids is 1. The molecule has 2 N–H and O–H groups in total. The van der Waals surface area contributed by atoms with Gasteiger partial charge >= 0.3 is 0 Å². The van der Waals surface area contributed by atoms with Crippen LogP contribution in [-0.4, -0.2) is 17.1 Å². The van der Waals surface area contributed by atoms with Crippen molar-refractivity contribution in [1.82, 2.24) is 5.32 Å². The average Bonchev–Trinajstić information content (AvgIpc) is 2.99. The molecule has 1 aromatic carbocycles. The van der Waals surface area contributed by atoms with Gasteiger partial charge in [-0.25, -0.2) is 0 Å². The van der Waals surface area contributed by atoms with Gasteiger partial charge in [-0.1, -0.05) is 11.6 Å². The van der Waals surface area contributed by atoms with Crippen molar-refractivity contribution in [2.75, 3.05) is 0 Å². The number of hydrogen-bond donors (Lipinski definition) is 2. The van der Waals surface area contributed by atoms with Crippen LogP contribution in [-0.2, 0) is 0 Å². The molecule has 1 aromatic rings. The molecule has 0 bridgehead atoms. The topological polar surface area (TPSA) is 49.3 Å². The molecule has 0 aromatic heterocycles. The Morgan fingerprint density at radius 3 is 2.81 bits per heavy atom. The number of phenols is 1. The van der Waals surface area contributed by atoms with E-state index in [9.17, 15) is 9.90 Å². The van der Waals surface area contributed by atoms with Crippen molar-refractivity contribution in [1.29, 1.82) is 0 Å². The molecular weight excluding hydrogens is 226 g/mol. The van der Waals surface area contributed by atoms with Crippen molar-refractivity contribution in [3.63, 3.8) is 0 Å². The van der Waals surface area contributed by atoms with E-state index >= 15 is 0 Å². The molecule has 1 saturated carbocycles. The van der Waals surface area contributed by atoms with Crippen molar-refractivity contribution < 1.29 is 9.90 Å². The van der Waals surface area contributed by atoms with Gasteiger partial charge in [0.25, 0.3) is 5.91 Å². The fourth-order valence-electron chi connectivity index (χ4n) is 1.70. The van der Waals surface area contributed by atoms with Crippen LogP contribution in [0.15, 0.2) is 18.2 Å². The van der Waals surface area contributed by atoms with Gasteiger partial charge in [-0.2, -0.15) is 0 Å². The van der Waals surface area contributed by atoms with Crippen LogP contribution < -0.4 is 5.32 Å². The quantitative estimate of drug-likeness (QED) is 0.852. The standard InChI is InChI=1S/C12H14ClNO2/c1-7(8-2-3-8)14-12(16)10-5-4-9(13)6-11(10)15/h4-8,15H,2-3H2,1H3,(H,14,16). The number of nitrogens with one attached hydrogen (secondary N) is 1. The number of carbonyl (C=O) groups is 1. The van der Waals surface area contributed by atoms with Gasteiger partial charge < -0.3 is 10.4 Å². The second-order valence-electron chi connectivity index (χ2n) is 4.26. The Morgan fingerprint density at radius 1 is 1.56 bits per heavy atom. The van der Waals surface area contributed by atoms with E-state index in [1.54, 1.807) is 6.07 Å². The maximum absolute atomic E-state index is 11.8. The first kappa shape index (κ1) is 11.3. The molecule has 0 spiro atoms. The molecule has 1 amide bonds. The summed E-state index contributed by atoms with van der Waals surface area (Å²) in [7, 11) is 0. The smallest absolute Gasteiger partial charge is 0.255 e. The minimum atomic E-state index is -0.242. The van der Waals surface area contributed by atoms with E-state index in [2.05, 4.69) is 5.32 Å². The fourth-order valence-corrected chi connectivity index (χ4v) is 1.86. The molecule has 1 fully saturated rings. The summed E-state index contributed by atoms with van der Waals surface area (Å²) in [4.78, 5) is 11.8. The highest BCUT2D eigenvalue weighted by Gasteiger charge is 2.29. The first-order chi connectivity index (χ1) is 7.58. The summed E-state index contributed by atoms with van der Waals surface area (Å²) in [5, 5.41) is 12.9. The van der Waals surface area contributed by atoms with Crippen LogP contribution in [0.2, 0.25) is 5.02 Å². The summed E-state index contributed by atoms with van der Waals surface area (Å²) in [5.74, 6) is 0.278. The SMILES string of the molecule is CC(NC(=O)c1ccc(Cl)cc1O)C1CC1. The summed E-state index contributed by atoms with van der Waals surface area (Å²) in [6.07, 6.45) is 2.35. The number of amides is 1. The predicted octanol–water partition coefficient (Wildman–Crippen LogP) is 2.57. The first-order valence-electron chi connectivity index (χ1n) is 5.37. The van der Waals surface area contributed by atoms with Gasteiger partial charge in [-0.15, -0.1) is 0 Å². The van der Waals surface area contributed by atoms with Crippen molar-refractivity contribution in [3.05, 3.63) is 28.8 Å². The molecule has 1 aliphatic rings. The zero-order valence-electron chi connectivity index (χ0n) is 9.03. The van der Waals surface area contributed by atoms with Crippen molar-refractivity contribution in [2.45, 2.75) is 25.8 Å². The fraction of sp³-hybridized carbons (Fsp3) is 0.417. The van der Waals surface area contributed by atoms with Crippen molar-refractivity contribution in [3.8, 4) is 5.75 Å². The van der Waals surface area contributed by atoms with E-state index in [0.717, 1.165) is 0 Å². The molecule has 0 saturated heterocycles. The zero-order chi connectivity index (χ0) is 11.7. The molecular formula is C12H14ClNO2. The molecule has 0 aliphatic heterocycles. The summed E-state index contributed by atoms with van der Waals surface area (Å²) in [6, 6.07) is 4.67. The Morgan fingerprint density at radius 2 is 2.25 bits per heavy atom.